The Kier molecular flexibility index (Phi) is 5.48. The lowest BCUT2D eigenvalue weighted by Crippen LogP contribution is -2.35. The van der Waals surface area contributed by atoms with Crippen LogP contribution in [0.4, 0.5) is 5.69 Å². The minimum absolute atomic E-state index is 0.194. The maximum absolute atomic E-state index is 12.8. The van der Waals surface area contributed by atoms with Gasteiger partial charge in [0.05, 0.1) is 22.2 Å². The highest BCUT2D eigenvalue weighted by molar-refractivity contribution is 6.42. The molecule has 0 radical (unpaired) electrons. The van der Waals surface area contributed by atoms with Crippen LogP contribution < -0.4 is 10.9 Å². The summed E-state index contributed by atoms with van der Waals surface area (Å²) in [7, 11) is 1.49. The first-order valence-electron chi connectivity index (χ1n) is 7.97. The minimum Gasteiger partial charge on any atom is -0.332 e. The zero-order valence-electron chi connectivity index (χ0n) is 14.3. The summed E-state index contributed by atoms with van der Waals surface area (Å²) in [6, 6.07) is 12.9. The Balaban J connectivity index is 1.77. The number of nitrogens with zero attached hydrogens (tertiary/aromatic N) is 1. The molecule has 0 saturated heterocycles. The maximum Gasteiger partial charge on any atom is 0.254 e. The predicted molar refractivity (Wildman–Crippen MR) is 107 cm³/mol. The second-order valence-corrected chi connectivity index (χ2v) is 6.75. The van der Waals surface area contributed by atoms with E-state index < -0.39 is 11.8 Å². The van der Waals surface area contributed by atoms with Crippen LogP contribution in [0.3, 0.4) is 0 Å². The van der Waals surface area contributed by atoms with Gasteiger partial charge in [-0.3, -0.25) is 14.4 Å². The van der Waals surface area contributed by atoms with E-state index in [0.717, 1.165) is 0 Å². The molecule has 1 heterocycles. The third kappa shape index (κ3) is 4.30. The number of likely N-dealkylation sites (N-methyl/N-ethyl adjacent to an activating group) is 1. The van der Waals surface area contributed by atoms with Gasteiger partial charge in [-0.25, -0.2) is 0 Å². The monoisotopic (exact) mass is 403 g/mol. The molecule has 0 unspecified atom stereocenters. The number of amides is 2. The van der Waals surface area contributed by atoms with Gasteiger partial charge in [0.1, 0.15) is 0 Å². The number of H-pyrrole nitrogens is 1. The number of aromatic nitrogens is 1. The molecule has 27 heavy (non-hydrogen) atoms. The summed E-state index contributed by atoms with van der Waals surface area (Å²) in [6.45, 7) is -0.194. The molecule has 0 fully saturated rings. The van der Waals surface area contributed by atoms with Crippen LogP contribution >= 0.6 is 23.2 Å². The number of fused-ring (bicyclic) bond motifs is 1. The Morgan fingerprint density at radius 1 is 1.07 bits per heavy atom. The zero-order valence-corrected chi connectivity index (χ0v) is 15.8. The molecule has 138 valence electrons. The lowest BCUT2D eigenvalue weighted by atomic mass is 10.1. The molecule has 8 heteroatoms. The third-order valence-electron chi connectivity index (χ3n) is 3.91. The minimum atomic E-state index is -0.429. The molecule has 0 aliphatic carbocycles. The first-order valence-corrected chi connectivity index (χ1v) is 8.73. The summed E-state index contributed by atoms with van der Waals surface area (Å²) in [4.78, 5) is 40.7. The fourth-order valence-electron chi connectivity index (χ4n) is 2.65. The number of rotatable bonds is 4. The summed E-state index contributed by atoms with van der Waals surface area (Å²) >= 11 is 11.8. The summed E-state index contributed by atoms with van der Waals surface area (Å²) in [5, 5.41) is 3.95. The lowest BCUT2D eigenvalue weighted by molar-refractivity contribution is -0.116. The van der Waals surface area contributed by atoms with Crippen LogP contribution in [0.15, 0.2) is 53.3 Å². The average molecular weight is 404 g/mol. The van der Waals surface area contributed by atoms with E-state index in [-0.39, 0.29) is 17.7 Å². The molecular formula is C19H15Cl2N3O3. The van der Waals surface area contributed by atoms with E-state index in [1.54, 1.807) is 36.4 Å². The van der Waals surface area contributed by atoms with Crippen molar-refractivity contribution in [3.05, 3.63) is 74.5 Å². The van der Waals surface area contributed by atoms with Crippen molar-refractivity contribution in [1.82, 2.24) is 9.88 Å². The third-order valence-corrected chi connectivity index (χ3v) is 4.65. The number of aromatic amines is 1. The smallest absolute Gasteiger partial charge is 0.254 e. The van der Waals surface area contributed by atoms with Crippen molar-refractivity contribution in [2.24, 2.45) is 0 Å². The van der Waals surface area contributed by atoms with E-state index in [4.69, 9.17) is 23.2 Å². The number of benzene rings is 2. The van der Waals surface area contributed by atoms with Gasteiger partial charge in [-0.15, -0.1) is 0 Å². The Morgan fingerprint density at radius 3 is 2.56 bits per heavy atom. The highest BCUT2D eigenvalue weighted by atomic mass is 35.5. The zero-order chi connectivity index (χ0) is 19.6. The molecule has 0 aliphatic rings. The quantitative estimate of drug-likeness (QED) is 0.698. The van der Waals surface area contributed by atoms with Gasteiger partial charge in [-0.1, -0.05) is 41.4 Å². The molecule has 0 bridgehead atoms. The summed E-state index contributed by atoms with van der Waals surface area (Å²) in [6.07, 6.45) is 0. The van der Waals surface area contributed by atoms with Gasteiger partial charge in [0.15, 0.2) is 0 Å². The first-order chi connectivity index (χ1) is 12.8. The molecule has 1 aromatic heterocycles. The van der Waals surface area contributed by atoms with E-state index in [1.807, 2.05) is 0 Å². The van der Waals surface area contributed by atoms with Crippen molar-refractivity contribution in [3.8, 4) is 0 Å². The van der Waals surface area contributed by atoms with Crippen molar-refractivity contribution < 1.29 is 9.59 Å². The van der Waals surface area contributed by atoms with Crippen molar-refractivity contribution in [2.45, 2.75) is 0 Å². The fourth-order valence-corrected chi connectivity index (χ4v) is 2.95. The number of pyridine rings is 1. The highest BCUT2D eigenvalue weighted by Crippen LogP contribution is 2.25. The SMILES string of the molecule is CN(CC(=O)Nc1ccc(Cl)c(Cl)c1)C(=O)c1cc(=O)[nH]c2ccccc12. The van der Waals surface area contributed by atoms with Gasteiger partial charge in [-0.05, 0) is 24.3 Å². The topological polar surface area (TPSA) is 82.3 Å². The Labute approximate surface area is 164 Å². The van der Waals surface area contributed by atoms with Gasteiger partial charge in [0, 0.05) is 29.7 Å². The second kappa shape index (κ2) is 7.82. The number of hydrogen-bond donors (Lipinski definition) is 2. The van der Waals surface area contributed by atoms with Crippen LogP contribution in [-0.2, 0) is 4.79 Å². The van der Waals surface area contributed by atoms with E-state index in [1.165, 1.54) is 24.1 Å². The van der Waals surface area contributed by atoms with Gasteiger partial charge in [0.25, 0.3) is 5.91 Å². The number of halogens is 2. The van der Waals surface area contributed by atoms with E-state index in [0.29, 0.717) is 26.6 Å². The molecule has 0 atom stereocenters. The number of hydrogen-bond acceptors (Lipinski definition) is 3. The van der Waals surface area contributed by atoms with E-state index in [2.05, 4.69) is 10.3 Å². The maximum atomic E-state index is 12.8. The fraction of sp³-hybridized carbons (Fsp3) is 0.105. The molecule has 0 spiro atoms. The molecule has 0 aliphatic heterocycles. The van der Waals surface area contributed by atoms with Crippen molar-refractivity contribution in [1.29, 1.82) is 0 Å². The normalized spacial score (nSPS) is 10.6. The standard InChI is InChI=1S/C19H15Cl2N3O3/c1-24(10-18(26)22-11-6-7-14(20)15(21)8-11)19(27)13-9-17(25)23-16-5-3-2-4-12(13)16/h2-9H,10H2,1H3,(H,22,26)(H,23,25). The number of carbonyl (C=O) groups is 2. The largest absolute Gasteiger partial charge is 0.332 e. The molecule has 0 saturated carbocycles. The Hall–Kier alpha value is -2.83. The van der Waals surface area contributed by atoms with Crippen molar-refractivity contribution >= 4 is 51.6 Å². The molecular weight excluding hydrogens is 389 g/mol. The van der Waals surface area contributed by atoms with Gasteiger partial charge >= 0.3 is 0 Å². The number of anilines is 1. The van der Waals surface area contributed by atoms with Crippen LogP contribution in [0.2, 0.25) is 10.0 Å². The summed E-state index contributed by atoms with van der Waals surface area (Å²) < 4.78 is 0. The van der Waals surface area contributed by atoms with Crippen LogP contribution in [-0.4, -0.2) is 35.3 Å². The average Bonchev–Trinajstić information content (AvgIpc) is 2.63. The number of carbonyl (C=O) groups excluding carboxylic acids is 2. The molecule has 6 nitrogen and oxygen atoms in total. The first kappa shape index (κ1) is 18.9. The second-order valence-electron chi connectivity index (χ2n) is 5.93. The number of para-hydroxylation sites is 1. The predicted octanol–water partition coefficient (Wildman–Crippen LogP) is 3.55. The van der Waals surface area contributed by atoms with Crippen LogP contribution in [0, 0.1) is 0 Å². The molecule has 2 aromatic carbocycles. The van der Waals surface area contributed by atoms with Gasteiger partial charge in [-0.2, -0.15) is 0 Å². The van der Waals surface area contributed by atoms with Crippen LogP contribution in [0.25, 0.3) is 10.9 Å². The van der Waals surface area contributed by atoms with E-state index >= 15 is 0 Å². The van der Waals surface area contributed by atoms with Gasteiger partial charge < -0.3 is 15.2 Å². The molecule has 3 rings (SSSR count). The van der Waals surface area contributed by atoms with Gasteiger partial charge in [0.2, 0.25) is 11.5 Å². The Morgan fingerprint density at radius 2 is 1.81 bits per heavy atom. The van der Waals surface area contributed by atoms with E-state index in [9.17, 15) is 14.4 Å². The highest BCUT2D eigenvalue weighted by Gasteiger charge is 2.18. The summed E-state index contributed by atoms with van der Waals surface area (Å²) in [5.74, 6) is -0.833. The summed E-state index contributed by atoms with van der Waals surface area (Å²) in [5.41, 5.74) is 0.878. The van der Waals surface area contributed by atoms with Crippen molar-refractivity contribution in [2.75, 3.05) is 18.9 Å². The molecule has 2 N–H and O–H groups in total. The van der Waals surface area contributed by atoms with Crippen LogP contribution in [0.1, 0.15) is 10.4 Å². The van der Waals surface area contributed by atoms with Crippen LogP contribution in [0.5, 0.6) is 0 Å². The Bertz CT molecular complexity index is 1090. The lowest BCUT2D eigenvalue weighted by Gasteiger charge is -2.18. The van der Waals surface area contributed by atoms with Crippen molar-refractivity contribution in [3.63, 3.8) is 0 Å². The molecule has 2 amide bonds. The number of nitrogens with one attached hydrogen (secondary N) is 2. The molecule has 3 aromatic rings.